The largest absolute Gasteiger partial charge is 0.468 e. The number of carbonyl (C=O) groups is 1. The van der Waals surface area contributed by atoms with Crippen molar-refractivity contribution in [3.05, 3.63) is 0 Å². The van der Waals surface area contributed by atoms with E-state index in [-0.39, 0.29) is 26.4 Å². The summed E-state index contributed by atoms with van der Waals surface area (Å²) in [6.45, 7) is 6.90. The van der Waals surface area contributed by atoms with E-state index in [9.17, 15) is 13.9 Å². The summed E-state index contributed by atoms with van der Waals surface area (Å²) < 4.78 is 50.7. The van der Waals surface area contributed by atoms with Crippen LogP contribution in [0.3, 0.4) is 0 Å². The Balaban J connectivity index is 5.56. The number of methoxy groups -OCH3 is 1. The van der Waals surface area contributed by atoms with E-state index in [0.717, 1.165) is 7.11 Å². The number of hydrogen-bond acceptors (Lipinski definition) is 8. The fraction of sp³-hybridized carbons (Fsp3) is 0.917. The molecule has 0 saturated carbocycles. The van der Waals surface area contributed by atoms with Gasteiger partial charge in [0.05, 0.1) is 39.7 Å². The number of carbonyl (C=O) groups excluding carboxylic acids is 1. The molecule has 0 aromatic heterocycles. The molecule has 10 heteroatoms. The third kappa shape index (κ3) is 6.49. The second kappa shape index (κ2) is 10.5. The van der Waals surface area contributed by atoms with Crippen LogP contribution in [0, 0.1) is 0 Å². The van der Waals surface area contributed by atoms with E-state index in [1.54, 1.807) is 27.7 Å². The highest BCUT2D eigenvalue weighted by Crippen LogP contribution is 2.60. The van der Waals surface area contributed by atoms with Crippen LogP contribution in [0.1, 0.15) is 27.7 Å². The van der Waals surface area contributed by atoms with Crippen molar-refractivity contribution in [1.82, 2.24) is 0 Å². The maximum absolute atomic E-state index is 12.8. The highest BCUT2D eigenvalue weighted by Gasteiger charge is 2.47. The molecule has 132 valence electrons. The first-order valence-electron chi connectivity index (χ1n) is 7.17. The maximum atomic E-state index is 12.8. The van der Waals surface area contributed by atoms with Crippen molar-refractivity contribution >= 4 is 21.2 Å². The molecule has 0 amide bonds. The maximum Gasteiger partial charge on any atom is 0.345 e. The minimum atomic E-state index is -3.85. The van der Waals surface area contributed by atoms with Gasteiger partial charge < -0.3 is 22.8 Å². The Morgan fingerprint density at radius 1 is 0.864 bits per heavy atom. The van der Waals surface area contributed by atoms with Gasteiger partial charge in [-0.3, -0.25) is 13.9 Å². The lowest BCUT2D eigenvalue weighted by Gasteiger charge is -2.27. The molecule has 0 radical (unpaired) electrons. The van der Waals surface area contributed by atoms with Gasteiger partial charge in [0.2, 0.25) is 0 Å². The molecule has 0 bridgehead atoms. The van der Waals surface area contributed by atoms with E-state index < -0.39 is 33.0 Å². The van der Waals surface area contributed by atoms with Gasteiger partial charge in [-0.1, -0.05) is 0 Å². The first-order chi connectivity index (χ1) is 10.3. The molecule has 0 fully saturated rings. The summed E-state index contributed by atoms with van der Waals surface area (Å²) in [5.41, 5.74) is -1.37. The minimum absolute atomic E-state index is 0.0678. The van der Waals surface area contributed by atoms with Crippen LogP contribution in [0.5, 0.6) is 0 Å². The van der Waals surface area contributed by atoms with Crippen LogP contribution < -0.4 is 0 Å². The standard InChI is InChI=1S/C12H26O8P2/c1-6-17-21(14,18-7-2)10-11(12(13)16-5)22(15,19-8-3)20-9-4/h11H,6-10H2,1-5H3. The Bertz CT molecular complexity index is 405. The van der Waals surface area contributed by atoms with Gasteiger partial charge in [0.1, 0.15) is 0 Å². The van der Waals surface area contributed by atoms with E-state index in [1.807, 2.05) is 0 Å². The fourth-order valence-corrected chi connectivity index (χ4v) is 6.33. The lowest BCUT2D eigenvalue weighted by Crippen LogP contribution is -2.29. The van der Waals surface area contributed by atoms with Gasteiger partial charge in [0.15, 0.2) is 5.66 Å². The third-order valence-electron chi connectivity index (χ3n) is 2.52. The van der Waals surface area contributed by atoms with Gasteiger partial charge >= 0.3 is 21.2 Å². The molecule has 0 saturated heterocycles. The summed E-state index contributed by atoms with van der Waals surface area (Å²) in [4.78, 5) is 12.0. The zero-order chi connectivity index (χ0) is 17.2. The Kier molecular flexibility index (Phi) is 10.4. The molecule has 0 aliphatic rings. The zero-order valence-corrected chi connectivity index (χ0v) is 15.6. The van der Waals surface area contributed by atoms with Crippen LogP contribution in [0.4, 0.5) is 0 Å². The molecule has 22 heavy (non-hydrogen) atoms. The molecule has 0 spiro atoms. The number of rotatable bonds is 12. The predicted octanol–water partition coefficient (Wildman–Crippen LogP) is 3.06. The first-order valence-corrected chi connectivity index (χ1v) is 10.5. The summed E-state index contributed by atoms with van der Waals surface area (Å²) >= 11 is 0. The quantitative estimate of drug-likeness (QED) is 0.387. The van der Waals surface area contributed by atoms with Crippen molar-refractivity contribution in [2.45, 2.75) is 33.4 Å². The summed E-state index contributed by atoms with van der Waals surface area (Å²) in [7, 11) is -6.33. The number of esters is 1. The molecule has 0 aliphatic heterocycles. The molecular weight excluding hydrogens is 334 g/mol. The summed E-state index contributed by atoms with van der Waals surface area (Å²) in [5.74, 6) is -0.843. The number of ether oxygens (including phenoxy) is 1. The lowest BCUT2D eigenvalue weighted by atomic mass is 10.5. The Labute approximate surface area is 131 Å². The summed E-state index contributed by atoms with van der Waals surface area (Å²) in [6.07, 6.45) is -0.432. The molecule has 0 rings (SSSR count). The smallest absolute Gasteiger partial charge is 0.345 e. The first kappa shape index (κ1) is 21.8. The Morgan fingerprint density at radius 3 is 1.59 bits per heavy atom. The van der Waals surface area contributed by atoms with Gasteiger partial charge in [0, 0.05) is 0 Å². The highest BCUT2D eigenvalue weighted by molar-refractivity contribution is 7.59. The Hall–Kier alpha value is -0.230. The number of hydrogen-bond donors (Lipinski definition) is 0. The molecule has 0 heterocycles. The second-order valence-corrected chi connectivity index (χ2v) is 8.37. The van der Waals surface area contributed by atoms with Crippen molar-refractivity contribution in [3.8, 4) is 0 Å². The minimum Gasteiger partial charge on any atom is -0.468 e. The summed E-state index contributed by atoms with van der Waals surface area (Å²) in [6, 6.07) is 0. The normalized spacial score (nSPS) is 13.9. The van der Waals surface area contributed by atoms with Gasteiger partial charge in [-0.05, 0) is 27.7 Å². The van der Waals surface area contributed by atoms with Gasteiger partial charge in [-0.25, -0.2) is 0 Å². The van der Waals surface area contributed by atoms with E-state index in [2.05, 4.69) is 4.74 Å². The van der Waals surface area contributed by atoms with Crippen LogP contribution in [-0.2, 0) is 36.8 Å². The third-order valence-corrected chi connectivity index (χ3v) is 7.32. The molecule has 0 aromatic rings. The SMILES string of the molecule is CCOP(=O)(CC(C(=O)OC)P(=O)(OCC)OCC)OCC. The van der Waals surface area contributed by atoms with E-state index in [0.29, 0.717) is 0 Å². The lowest BCUT2D eigenvalue weighted by molar-refractivity contribution is -0.140. The topological polar surface area (TPSA) is 97.4 Å². The van der Waals surface area contributed by atoms with Crippen molar-refractivity contribution in [3.63, 3.8) is 0 Å². The summed E-state index contributed by atoms with van der Waals surface area (Å²) in [5, 5.41) is 0. The van der Waals surface area contributed by atoms with Crippen LogP contribution in [-0.4, -0.2) is 51.3 Å². The van der Waals surface area contributed by atoms with Crippen molar-refractivity contribution in [2.75, 3.05) is 39.7 Å². The van der Waals surface area contributed by atoms with Crippen LogP contribution in [0.25, 0.3) is 0 Å². The van der Waals surface area contributed by atoms with Gasteiger partial charge in [-0.2, -0.15) is 0 Å². The molecule has 1 atom stereocenters. The average molecular weight is 360 g/mol. The fourth-order valence-electron chi connectivity index (χ4n) is 1.76. The van der Waals surface area contributed by atoms with E-state index in [4.69, 9.17) is 18.1 Å². The van der Waals surface area contributed by atoms with E-state index >= 15 is 0 Å². The highest BCUT2D eigenvalue weighted by atomic mass is 31.2. The van der Waals surface area contributed by atoms with Crippen LogP contribution >= 0.6 is 15.2 Å². The van der Waals surface area contributed by atoms with Crippen molar-refractivity contribution < 1.29 is 36.8 Å². The van der Waals surface area contributed by atoms with Gasteiger partial charge in [-0.15, -0.1) is 0 Å². The molecule has 8 nitrogen and oxygen atoms in total. The predicted molar refractivity (Wildman–Crippen MR) is 82.4 cm³/mol. The molecule has 0 aliphatic carbocycles. The molecule has 1 unspecified atom stereocenters. The molecular formula is C12H26O8P2. The molecule has 0 N–H and O–H groups in total. The zero-order valence-electron chi connectivity index (χ0n) is 13.8. The molecule has 0 aromatic carbocycles. The van der Waals surface area contributed by atoms with Crippen LogP contribution in [0.2, 0.25) is 0 Å². The average Bonchev–Trinajstić information content (AvgIpc) is 2.45. The van der Waals surface area contributed by atoms with Crippen molar-refractivity contribution in [1.29, 1.82) is 0 Å². The van der Waals surface area contributed by atoms with Crippen LogP contribution in [0.15, 0.2) is 0 Å². The monoisotopic (exact) mass is 360 g/mol. The second-order valence-electron chi connectivity index (χ2n) is 4.04. The van der Waals surface area contributed by atoms with Crippen molar-refractivity contribution in [2.24, 2.45) is 0 Å². The van der Waals surface area contributed by atoms with Gasteiger partial charge in [0.25, 0.3) is 0 Å². The van der Waals surface area contributed by atoms with E-state index in [1.165, 1.54) is 0 Å². The Morgan fingerprint density at radius 2 is 1.27 bits per heavy atom.